The van der Waals surface area contributed by atoms with Gasteiger partial charge in [-0.2, -0.15) is 0 Å². The third-order valence-electron chi connectivity index (χ3n) is 3.16. The summed E-state index contributed by atoms with van der Waals surface area (Å²) in [6.07, 6.45) is 1.80. The summed E-state index contributed by atoms with van der Waals surface area (Å²) in [6.45, 7) is 8.68. The second-order valence-corrected chi connectivity index (χ2v) is 5.48. The average Bonchev–Trinajstić information content (AvgIpc) is 2.41. The lowest BCUT2D eigenvalue weighted by atomic mass is 10.2. The van der Waals surface area contributed by atoms with Crippen molar-refractivity contribution in [2.75, 3.05) is 5.32 Å². The lowest BCUT2D eigenvalue weighted by Gasteiger charge is -2.13. The molecule has 0 saturated heterocycles. The molecule has 2 rings (SSSR count). The molecule has 0 bridgehead atoms. The number of hydrogen-bond donors (Lipinski definition) is 1. The van der Waals surface area contributed by atoms with Crippen molar-refractivity contribution in [2.45, 2.75) is 40.2 Å². The molecule has 4 nitrogen and oxygen atoms in total. The fourth-order valence-electron chi connectivity index (χ4n) is 1.81. The maximum atomic E-state index is 6.17. The minimum Gasteiger partial charge on any atom is -0.364 e. The Balaban J connectivity index is 2.23. The Labute approximate surface area is 124 Å². The molecule has 0 aliphatic carbocycles. The van der Waals surface area contributed by atoms with Gasteiger partial charge in [0.05, 0.1) is 12.2 Å². The van der Waals surface area contributed by atoms with Gasteiger partial charge in [-0.15, -0.1) is 0 Å². The van der Waals surface area contributed by atoms with Crippen molar-refractivity contribution in [3.8, 4) is 0 Å². The molecule has 0 aliphatic rings. The number of halogens is 1. The molecule has 0 fully saturated rings. The first-order valence-electron chi connectivity index (χ1n) is 6.67. The van der Waals surface area contributed by atoms with Crippen molar-refractivity contribution in [3.05, 3.63) is 46.1 Å². The Bertz CT molecular complexity index is 611. The van der Waals surface area contributed by atoms with E-state index in [1.165, 1.54) is 0 Å². The summed E-state index contributed by atoms with van der Waals surface area (Å²) in [5, 5.41) is 3.81. The van der Waals surface area contributed by atoms with E-state index in [4.69, 9.17) is 11.6 Å². The van der Waals surface area contributed by atoms with Gasteiger partial charge in [-0.25, -0.2) is 9.97 Å². The van der Waals surface area contributed by atoms with Gasteiger partial charge in [0.15, 0.2) is 0 Å². The minimum atomic E-state index is 0.241. The van der Waals surface area contributed by atoms with Gasteiger partial charge in [0.25, 0.3) is 0 Å². The highest BCUT2D eigenvalue weighted by molar-refractivity contribution is 6.30. The van der Waals surface area contributed by atoms with Gasteiger partial charge in [0.1, 0.15) is 16.8 Å². The monoisotopic (exact) mass is 290 g/mol. The van der Waals surface area contributed by atoms with Crippen LogP contribution in [0.5, 0.6) is 0 Å². The van der Waals surface area contributed by atoms with E-state index in [0.29, 0.717) is 11.7 Å². The van der Waals surface area contributed by atoms with Crippen LogP contribution in [0.1, 0.15) is 42.4 Å². The standard InChI is InChI=1S/C15H19ClN4/c1-9(2)14-19-13(16)11(4)15(20-14)18-8-12-10(3)6-5-7-17-12/h5-7,9H,8H2,1-4H3,(H,18,19,20). The van der Waals surface area contributed by atoms with Crippen molar-refractivity contribution in [2.24, 2.45) is 0 Å². The fraction of sp³-hybridized carbons (Fsp3) is 0.400. The summed E-state index contributed by atoms with van der Waals surface area (Å²) in [6, 6.07) is 3.98. The minimum absolute atomic E-state index is 0.241. The first-order valence-corrected chi connectivity index (χ1v) is 7.05. The van der Waals surface area contributed by atoms with Crippen molar-refractivity contribution < 1.29 is 0 Å². The topological polar surface area (TPSA) is 50.7 Å². The molecule has 5 heteroatoms. The maximum Gasteiger partial charge on any atom is 0.137 e. The predicted molar refractivity (Wildman–Crippen MR) is 82.2 cm³/mol. The summed E-state index contributed by atoms with van der Waals surface area (Å²) < 4.78 is 0. The number of aromatic nitrogens is 3. The van der Waals surface area contributed by atoms with Crippen LogP contribution in [0.25, 0.3) is 0 Å². The SMILES string of the molecule is Cc1cccnc1CNc1nc(C(C)C)nc(Cl)c1C. The highest BCUT2D eigenvalue weighted by atomic mass is 35.5. The molecule has 0 unspecified atom stereocenters. The molecule has 0 aromatic carbocycles. The number of hydrogen-bond acceptors (Lipinski definition) is 4. The third kappa shape index (κ3) is 3.25. The van der Waals surface area contributed by atoms with Gasteiger partial charge < -0.3 is 5.32 Å². The van der Waals surface area contributed by atoms with Crippen molar-refractivity contribution in [1.82, 2.24) is 15.0 Å². The predicted octanol–water partition coefficient (Wildman–Crippen LogP) is 3.88. The number of anilines is 1. The molecule has 2 aromatic rings. The molecule has 1 N–H and O–H groups in total. The van der Waals surface area contributed by atoms with Crippen LogP contribution in [0.15, 0.2) is 18.3 Å². The zero-order chi connectivity index (χ0) is 14.7. The summed E-state index contributed by atoms with van der Waals surface area (Å²) in [7, 11) is 0. The molecule has 2 aromatic heterocycles. The van der Waals surface area contributed by atoms with E-state index in [0.717, 1.165) is 28.5 Å². The van der Waals surface area contributed by atoms with Gasteiger partial charge in [-0.1, -0.05) is 31.5 Å². The van der Waals surface area contributed by atoms with Crippen LogP contribution in [-0.2, 0) is 6.54 Å². The quantitative estimate of drug-likeness (QED) is 0.868. The highest BCUT2D eigenvalue weighted by Gasteiger charge is 2.12. The second-order valence-electron chi connectivity index (χ2n) is 5.12. The summed E-state index contributed by atoms with van der Waals surface area (Å²) in [5.74, 6) is 1.77. The van der Waals surface area contributed by atoms with E-state index in [1.807, 2.05) is 39.8 Å². The molecule has 20 heavy (non-hydrogen) atoms. The van der Waals surface area contributed by atoms with Crippen LogP contribution in [0.2, 0.25) is 5.15 Å². The van der Waals surface area contributed by atoms with E-state index in [9.17, 15) is 0 Å². The first kappa shape index (κ1) is 14.7. The number of aryl methyl sites for hydroxylation is 1. The van der Waals surface area contributed by atoms with Gasteiger partial charge in [-0.3, -0.25) is 4.98 Å². The molecular formula is C15H19ClN4. The zero-order valence-electron chi connectivity index (χ0n) is 12.2. The summed E-state index contributed by atoms with van der Waals surface area (Å²) in [5.41, 5.74) is 3.03. The Morgan fingerprint density at radius 3 is 2.65 bits per heavy atom. The van der Waals surface area contributed by atoms with Crippen molar-refractivity contribution in [3.63, 3.8) is 0 Å². The Kier molecular flexibility index (Phi) is 4.55. The zero-order valence-corrected chi connectivity index (χ0v) is 13.0. The number of nitrogens with zero attached hydrogens (tertiary/aromatic N) is 3. The Hall–Kier alpha value is -1.68. The largest absolute Gasteiger partial charge is 0.364 e. The Morgan fingerprint density at radius 1 is 1.25 bits per heavy atom. The smallest absolute Gasteiger partial charge is 0.137 e. The van der Waals surface area contributed by atoms with Crippen LogP contribution >= 0.6 is 11.6 Å². The van der Waals surface area contributed by atoms with Crippen molar-refractivity contribution in [1.29, 1.82) is 0 Å². The number of rotatable bonds is 4. The summed E-state index contributed by atoms with van der Waals surface area (Å²) in [4.78, 5) is 13.2. The highest BCUT2D eigenvalue weighted by Crippen LogP contribution is 2.23. The van der Waals surface area contributed by atoms with Gasteiger partial charge in [0.2, 0.25) is 0 Å². The van der Waals surface area contributed by atoms with E-state index >= 15 is 0 Å². The fourth-order valence-corrected chi connectivity index (χ4v) is 1.98. The maximum absolute atomic E-state index is 6.17. The van der Waals surface area contributed by atoms with Crippen LogP contribution in [-0.4, -0.2) is 15.0 Å². The van der Waals surface area contributed by atoms with E-state index in [2.05, 4.69) is 20.3 Å². The van der Waals surface area contributed by atoms with Gasteiger partial charge in [-0.05, 0) is 25.5 Å². The van der Waals surface area contributed by atoms with E-state index in [-0.39, 0.29) is 5.92 Å². The molecule has 0 saturated carbocycles. The van der Waals surface area contributed by atoms with E-state index in [1.54, 1.807) is 6.20 Å². The van der Waals surface area contributed by atoms with Gasteiger partial charge in [0, 0.05) is 17.7 Å². The average molecular weight is 291 g/mol. The Morgan fingerprint density at radius 2 is 2.00 bits per heavy atom. The molecule has 0 amide bonds. The molecule has 106 valence electrons. The lowest BCUT2D eigenvalue weighted by molar-refractivity contribution is 0.771. The molecule has 0 radical (unpaired) electrons. The molecular weight excluding hydrogens is 272 g/mol. The van der Waals surface area contributed by atoms with Crippen molar-refractivity contribution >= 4 is 17.4 Å². The van der Waals surface area contributed by atoms with E-state index < -0.39 is 0 Å². The molecule has 0 spiro atoms. The van der Waals surface area contributed by atoms with Crippen LogP contribution in [0.3, 0.4) is 0 Å². The second kappa shape index (κ2) is 6.18. The van der Waals surface area contributed by atoms with Gasteiger partial charge >= 0.3 is 0 Å². The van der Waals surface area contributed by atoms with Crippen LogP contribution in [0.4, 0.5) is 5.82 Å². The van der Waals surface area contributed by atoms with Crippen LogP contribution < -0.4 is 5.32 Å². The lowest BCUT2D eigenvalue weighted by Crippen LogP contribution is -2.09. The number of nitrogens with one attached hydrogen (secondary N) is 1. The van der Waals surface area contributed by atoms with Crippen LogP contribution in [0, 0.1) is 13.8 Å². The first-order chi connectivity index (χ1) is 9.49. The normalized spacial score (nSPS) is 10.9. The summed E-state index contributed by atoms with van der Waals surface area (Å²) >= 11 is 6.17. The molecule has 0 atom stereocenters. The molecule has 0 aliphatic heterocycles. The third-order valence-corrected chi connectivity index (χ3v) is 3.53. The number of pyridine rings is 1. The molecule has 2 heterocycles.